The van der Waals surface area contributed by atoms with Crippen molar-refractivity contribution in [3.63, 3.8) is 0 Å². The highest BCUT2D eigenvalue weighted by Gasteiger charge is 2.47. The van der Waals surface area contributed by atoms with Crippen molar-refractivity contribution in [2.45, 2.75) is 38.5 Å². The number of aryl methyl sites for hydroxylation is 2. The highest BCUT2D eigenvalue weighted by Crippen LogP contribution is 2.46. The van der Waals surface area contributed by atoms with Gasteiger partial charge in [0.15, 0.2) is 11.7 Å². The van der Waals surface area contributed by atoms with Crippen molar-refractivity contribution in [3.05, 3.63) is 124 Å². The second-order valence-corrected chi connectivity index (χ2v) is 11.5. The van der Waals surface area contributed by atoms with Crippen LogP contribution in [0.3, 0.4) is 0 Å². The molecule has 0 aliphatic carbocycles. The number of alkyl halides is 3. The number of carbonyl (C=O) groups excluding carboxylic acids is 1. The van der Waals surface area contributed by atoms with E-state index in [0.717, 1.165) is 15.8 Å². The Morgan fingerprint density at radius 3 is 2.00 bits per heavy atom. The predicted octanol–water partition coefficient (Wildman–Crippen LogP) is 9.76. The van der Waals surface area contributed by atoms with Crippen LogP contribution in [0.15, 0.2) is 102 Å². The number of nitrogens with one attached hydrogen (secondary N) is 2. The number of rotatable bonds is 7. The van der Waals surface area contributed by atoms with Gasteiger partial charge in [-0.15, -0.1) is 0 Å². The molecule has 0 saturated heterocycles. The normalized spacial score (nSPS) is 16.0. The number of ether oxygens (including phenoxy) is 2. The number of anilines is 2. The number of hydrogen-bond donors (Lipinski definition) is 2. The molecule has 4 aromatic carbocycles. The minimum Gasteiger partial charge on any atom is -0.457 e. The van der Waals surface area contributed by atoms with E-state index in [9.17, 15) is 18.0 Å². The summed E-state index contributed by atoms with van der Waals surface area (Å²) in [6, 6.07) is 26.2. The average Bonchev–Trinajstić information content (AvgIpc) is 3.35. The van der Waals surface area contributed by atoms with Gasteiger partial charge >= 0.3 is 6.18 Å². The van der Waals surface area contributed by atoms with Gasteiger partial charge in [0, 0.05) is 30.3 Å². The fourth-order valence-electron chi connectivity index (χ4n) is 5.19. The second-order valence-electron chi connectivity index (χ2n) is 10.7. The van der Waals surface area contributed by atoms with E-state index in [4.69, 9.17) is 9.47 Å². The predicted molar refractivity (Wildman–Crippen MR) is 169 cm³/mol. The Labute approximate surface area is 266 Å². The van der Waals surface area contributed by atoms with Gasteiger partial charge in [0.2, 0.25) is 0 Å². The van der Waals surface area contributed by atoms with Crippen molar-refractivity contribution in [3.8, 4) is 23.0 Å². The molecular weight excluding hydrogens is 649 g/mol. The molecule has 2 heterocycles. The first-order valence-electron chi connectivity index (χ1n) is 14.2. The standard InChI is InChI=1S/C34H28BrF3N4O3/c1-20-10-6-8-14-27(20)44-24-16-23(17-25(18-24)45-28-15-9-7-11-21(28)2)39-33(43)31-30(35)32-40-26(22-12-4-3-5-13-22)19-29(34(36,37)38)42(32)41-31/h3-18,26,29,40H,19H2,1-2H3,(H,39,43)/t26-,29-/m0/s1. The number of amides is 1. The molecular formula is C34H28BrF3N4O3. The number of nitrogens with zero attached hydrogens (tertiary/aromatic N) is 2. The summed E-state index contributed by atoms with van der Waals surface area (Å²) in [5.41, 5.74) is 2.61. The van der Waals surface area contributed by atoms with Crippen LogP contribution in [0, 0.1) is 13.8 Å². The number of benzene rings is 4. The molecule has 0 unspecified atom stereocenters. The first-order chi connectivity index (χ1) is 21.6. The maximum Gasteiger partial charge on any atom is 0.410 e. The van der Waals surface area contributed by atoms with Crippen LogP contribution in [0.1, 0.15) is 45.7 Å². The van der Waals surface area contributed by atoms with Crippen molar-refractivity contribution < 1.29 is 27.4 Å². The molecule has 11 heteroatoms. The monoisotopic (exact) mass is 676 g/mol. The number of hydrogen-bond acceptors (Lipinski definition) is 5. The van der Waals surface area contributed by atoms with Crippen molar-refractivity contribution in [1.29, 1.82) is 0 Å². The molecule has 0 radical (unpaired) electrons. The molecule has 0 saturated carbocycles. The largest absolute Gasteiger partial charge is 0.457 e. The van der Waals surface area contributed by atoms with Crippen LogP contribution in [-0.2, 0) is 0 Å². The summed E-state index contributed by atoms with van der Waals surface area (Å²) >= 11 is 3.36. The summed E-state index contributed by atoms with van der Waals surface area (Å²) in [6.45, 7) is 3.82. The van der Waals surface area contributed by atoms with E-state index in [0.29, 0.717) is 34.2 Å². The van der Waals surface area contributed by atoms with Crippen LogP contribution in [0.4, 0.5) is 24.7 Å². The van der Waals surface area contributed by atoms with Gasteiger partial charge in [-0.3, -0.25) is 4.79 Å². The van der Waals surface area contributed by atoms with Gasteiger partial charge in [-0.05, 0) is 58.6 Å². The van der Waals surface area contributed by atoms with Gasteiger partial charge in [0.1, 0.15) is 28.8 Å². The molecule has 0 spiro atoms. The number of fused-ring (bicyclic) bond motifs is 1. The van der Waals surface area contributed by atoms with Gasteiger partial charge < -0.3 is 20.1 Å². The molecule has 1 aliphatic heterocycles. The van der Waals surface area contributed by atoms with Crippen LogP contribution in [0.5, 0.6) is 23.0 Å². The molecule has 2 N–H and O–H groups in total. The van der Waals surface area contributed by atoms with E-state index in [1.54, 1.807) is 48.5 Å². The van der Waals surface area contributed by atoms with E-state index >= 15 is 0 Å². The van der Waals surface area contributed by atoms with Gasteiger partial charge in [0.05, 0.1) is 10.5 Å². The lowest BCUT2D eigenvalue weighted by Gasteiger charge is -2.33. The molecule has 1 aliphatic rings. The third-order valence-electron chi connectivity index (χ3n) is 7.49. The second kappa shape index (κ2) is 12.3. The zero-order chi connectivity index (χ0) is 31.7. The molecule has 1 aromatic heterocycles. The summed E-state index contributed by atoms with van der Waals surface area (Å²) in [7, 11) is 0. The maximum atomic E-state index is 14.3. The minimum absolute atomic E-state index is 0.0720. The van der Waals surface area contributed by atoms with Gasteiger partial charge in [-0.25, -0.2) is 4.68 Å². The Morgan fingerprint density at radius 1 is 0.889 bits per heavy atom. The lowest BCUT2D eigenvalue weighted by molar-refractivity contribution is -0.173. The summed E-state index contributed by atoms with van der Waals surface area (Å²) in [6.07, 6.45) is -4.88. The van der Waals surface area contributed by atoms with Crippen molar-refractivity contribution in [1.82, 2.24) is 9.78 Å². The molecule has 45 heavy (non-hydrogen) atoms. The third kappa shape index (κ3) is 6.53. The molecule has 5 aromatic rings. The number of carbonyl (C=O) groups is 1. The minimum atomic E-state index is -4.59. The Kier molecular flexibility index (Phi) is 8.28. The summed E-state index contributed by atoms with van der Waals surface area (Å²) in [5.74, 6) is 1.37. The first kappa shape index (κ1) is 30.3. The zero-order valence-electron chi connectivity index (χ0n) is 24.2. The van der Waals surface area contributed by atoms with Gasteiger partial charge in [-0.1, -0.05) is 66.7 Å². The van der Waals surface area contributed by atoms with Gasteiger partial charge in [-0.2, -0.15) is 18.3 Å². The van der Waals surface area contributed by atoms with Crippen LogP contribution >= 0.6 is 15.9 Å². The highest BCUT2D eigenvalue weighted by molar-refractivity contribution is 9.10. The first-order valence-corrected chi connectivity index (χ1v) is 15.0. The molecule has 0 bridgehead atoms. The maximum absolute atomic E-state index is 14.3. The molecule has 0 fully saturated rings. The lowest BCUT2D eigenvalue weighted by Crippen LogP contribution is -2.35. The molecule has 7 nitrogen and oxygen atoms in total. The Hall–Kier alpha value is -4.77. The molecule has 230 valence electrons. The Bertz CT molecular complexity index is 1790. The zero-order valence-corrected chi connectivity index (χ0v) is 25.8. The van der Waals surface area contributed by atoms with Crippen LogP contribution in [0.25, 0.3) is 0 Å². The average molecular weight is 678 g/mol. The SMILES string of the molecule is Cc1ccccc1Oc1cc(NC(=O)c2nn3c(c2Br)N[C@H](c2ccccc2)C[C@H]3C(F)(F)F)cc(Oc2ccccc2C)c1. The Morgan fingerprint density at radius 2 is 1.44 bits per heavy atom. The Balaban J connectivity index is 1.33. The lowest BCUT2D eigenvalue weighted by atomic mass is 9.97. The van der Waals surface area contributed by atoms with E-state index in [-0.39, 0.29) is 22.4 Å². The molecule has 1 amide bonds. The van der Waals surface area contributed by atoms with E-state index < -0.39 is 24.2 Å². The fourth-order valence-corrected chi connectivity index (χ4v) is 5.74. The topological polar surface area (TPSA) is 77.4 Å². The van der Waals surface area contributed by atoms with Crippen molar-refractivity contribution >= 4 is 33.3 Å². The van der Waals surface area contributed by atoms with Crippen molar-refractivity contribution in [2.75, 3.05) is 10.6 Å². The van der Waals surface area contributed by atoms with E-state index in [1.165, 1.54) is 0 Å². The van der Waals surface area contributed by atoms with Crippen LogP contribution in [-0.4, -0.2) is 21.9 Å². The van der Waals surface area contributed by atoms with Gasteiger partial charge in [0.25, 0.3) is 5.91 Å². The van der Waals surface area contributed by atoms with Crippen molar-refractivity contribution in [2.24, 2.45) is 0 Å². The summed E-state index contributed by atoms with van der Waals surface area (Å²) < 4.78 is 56.1. The van der Waals surface area contributed by atoms with Crippen LogP contribution < -0.4 is 20.1 Å². The molecule has 2 atom stereocenters. The quantitative estimate of drug-likeness (QED) is 0.179. The number of aromatic nitrogens is 2. The van der Waals surface area contributed by atoms with E-state index in [2.05, 4.69) is 31.7 Å². The highest BCUT2D eigenvalue weighted by atomic mass is 79.9. The molecule has 6 rings (SSSR count). The fraction of sp³-hybridized carbons (Fsp3) is 0.176. The van der Waals surface area contributed by atoms with E-state index in [1.807, 2.05) is 62.4 Å². The number of para-hydroxylation sites is 2. The van der Waals surface area contributed by atoms with Crippen LogP contribution in [0.2, 0.25) is 0 Å². The number of halogens is 4. The smallest absolute Gasteiger partial charge is 0.410 e. The third-order valence-corrected chi connectivity index (χ3v) is 8.24. The summed E-state index contributed by atoms with van der Waals surface area (Å²) in [5, 5.41) is 10.1. The summed E-state index contributed by atoms with van der Waals surface area (Å²) in [4.78, 5) is 13.6.